The van der Waals surface area contributed by atoms with E-state index in [1.807, 2.05) is 0 Å². The van der Waals surface area contributed by atoms with Gasteiger partial charge in [-0.15, -0.1) is 0 Å². The van der Waals surface area contributed by atoms with Crippen LogP contribution in [0.25, 0.3) is 0 Å². The standard InChI is InChI=1S/C7H9O4Si/c1-4-7(12,10-5(2)8)11-6(3)9/h4H,1H2,2-3H3. The van der Waals surface area contributed by atoms with E-state index in [0.717, 1.165) is 6.08 Å². The predicted octanol–water partition coefficient (Wildman–Crippen LogP) is 0.121. The molecule has 0 bridgehead atoms. The predicted molar refractivity (Wildman–Crippen MR) is 42.2 cm³/mol. The maximum Gasteiger partial charge on any atom is 0.305 e. The highest BCUT2D eigenvalue weighted by Gasteiger charge is 2.26. The molecule has 0 atom stereocenters. The lowest BCUT2D eigenvalue weighted by atomic mass is 10.6. The van der Waals surface area contributed by atoms with Crippen molar-refractivity contribution in [3.05, 3.63) is 12.7 Å². The lowest BCUT2D eigenvalue weighted by molar-refractivity contribution is -0.186. The third-order valence-corrected chi connectivity index (χ3v) is 1.27. The molecule has 3 radical (unpaired) electrons. The van der Waals surface area contributed by atoms with E-state index < -0.39 is 17.3 Å². The van der Waals surface area contributed by atoms with Gasteiger partial charge in [-0.05, 0) is 6.08 Å². The fourth-order valence-electron chi connectivity index (χ4n) is 0.531. The summed E-state index contributed by atoms with van der Waals surface area (Å²) < 4.78 is 9.22. The van der Waals surface area contributed by atoms with Gasteiger partial charge in [-0.1, -0.05) is 6.58 Å². The first-order valence-electron chi connectivity index (χ1n) is 3.17. The average molecular weight is 185 g/mol. The summed E-state index contributed by atoms with van der Waals surface area (Å²) in [6, 6.07) is 0. The number of hydrogen-bond acceptors (Lipinski definition) is 4. The lowest BCUT2D eigenvalue weighted by Gasteiger charge is -2.24. The minimum atomic E-state index is -1.54. The van der Waals surface area contributed by atoms with Crippen molar-refractivity contribution in [1.82, 2.24) is 0 Å². The molecule has 5 heteroatoms. The van der Waals surface area contributed by atoms with Gasteiger partial charge in [-0.25, -0.2) is 0 Å². The molecule has 0 heterocycles. The fraction of sp³-hybridized carbons (Fsp3) is 0.429. The molecule has 0 aliphatic carbocycles. The molecule has 0 saturated carbocycles. The summed E-state index contributed by atoms with van der Waals surface area (Å²) in [5.74, 6) is -1.16. The van der Waals surface area contributed by atoms with Crippen LogP contribution in [0.3, 0.4) is 0 Å². The Hall–Kier alpha value is -1.10. The lowest BCUT2D eigenvalue weighted by Crippen LogP contribution is -2.37. The molecule has 4 nitrogen and oxygen atoms in total. The molecule has 0 rings (SSSR count). The third kappa shape index (κ3) is 3.92. The molecule has 0 aromatic carbocycles. The van der Waals surface area contributed by atoms with Crippen molar-refractivity contribution >= 4 is 22.2 Å². The van der Waals surface area contributed by atoms with E-state index in [1.54, 1.807) is 0 Å². The van der Waals surface area contributed by atoms with Gasteiger partial charge in [0.1, 0.15) is 0 Å². The molecule has 0 aromatic rings. The smallest absolute Gasteiger partial charge is 0.305 e. The summed E-state index contributed by atoms with van der Waals surface area (Å²) in [6.07, 6.45) is 1.16. The maximum atomic E-state index is 10.5. The Morgan fingerprint density at radius 2 is 1.67 bits per heavy atom. The molecule has 0 aromatic heterocycles. The molecule has 0 amide bonds. The first-order chi connectivity index (χ1) is 5.39. The highest BCUT2D eigenvalue weighted by Crippen LogP contribution is 2.10. The van der Waals surface area contributed by atoms with Gasteiger partial charge in [0.25, 0.3) is 0 Å². The SMILES string of the molecule is C=CC([Si])(OC(C)=O)OC(C)=O. The van der Waals surface area contributed by atoms with Crippen LogP contribution >= 0.6 is 0 Å². The van der Waals surface area contributed by atoms with E-state index in [0.29, 0.717) is 0 Å². The quantitative estimate of drug-likeness (QED) is 0.271. The van der Waals surface area contributed by atoms with Gasteiger partial charge < -0.3 is 9.47 Å². The van der Waals surface area contributed by atoms with Gasteiger partial charge in [-0.3, -0.25) is 9.59 Å². The number of esters is 2. The highest BCUT2D eigenvalue weighted by atomic mass is 28.1. The molecule has 0 aliphatic heterocycles. The minimum absolute atomic E-state index is 0.578. The number of carbonyl (C=O) groups excluding carboxylic acids is 2. The van der Waals surface area contributed by atoms with Crippen LogP contribution in [0.5, 0.6) is 0 Å². The van der Waals surface area contributed by atoms with Gasteiger partial charge in [0, 0.05) is 13.8 Å². The summed E-state index contributed by atoms with van der Waals surface area (Å²) in [5.41, 5.74) is -1.54. The van der Waals surface area contributed by atoms with Crippen LogP contribution in [-0.2, 0) is 19.1 Å². The Bertz CT molecular complexity index is 195. The van der Waals surface area contributed by atoms with E-state index >= 15 is 0 Å². The van der Waals surface area contributed by atoms with Crippen molar-refractivity contribution in [2.75, 3.05) is 0 Å². The van der Waals surface area contributed by atoms with Crippen molar-refractivity contribution in [1.29, 1.82) is 0 Å². The Morgan fingerprint density at radius 3 is 1.83 bits per heavy atom. The molecule has 0 saturated heterocycles. The first kappa shape index (κ1) is 10.9. The summed E-state index contributed by atoms with van der Waals surface area (Å²) in [7, 11) is 2.94. The summed E-state index contributed by atoms with van der Waals surface area (Å²) in [6.45, 7) is 5.73. The normalized spacial score (nSPS) is 10.2. The van der Waals surface area contributed by atoms with Crippen LogP contribution in [0.1, 0.15) is 13.8 Å². The first-order valence-corrected chi connectivity index (χ1v) is 3.67. The highest BCUT2D eigenvalue weighted by molar-refractivity contribution is 6.16. The number of hydrogen-bond donors (Lipinski definition) is 0. The van der Waals surface area contributed by atoms with Crippen molar-refractivity contribution in [3.63, 3.8) is 0 Å². The molecule has 0 fully saturated rings. The van der Waals surface area contributed by atoms with Crippen LogP contribution in [0, 0.1) is 0 Å². The van der Waals surface area contributed by atoms with Gasteiger partial charge in [0.15, 0.2) is 10.2 Å². The van der Waals surface area contributed by atoms with E-state index in [2.05, 4.69) is 26.3 Å². The zero-order valence-electron chi connectivity index (χ0n) is 6.92. The van der Waals surface area contributed by atoms with Crippen LogP contribution in [0.15, 0.2) is 12.7 Å². The summed E-state index contributed by atoms with van der Waals surface area (Å²) >= 11 is 0. The Labute approximate surface area is 74.0 Å². The van der Waals surface area contributed by atoms with E-state index in [-0.39, 0.29) is 0 Å². The Kier molecular flexibility index (Phi) is 3.68. The van der Waals surface area contributed by atoms with Crippen molar-refractivity contribution in [3.8, 4) is 0 Å². The molecule has 0 N–H and O–H groups in total. The van der Waals surface area contributed by atoms with Crippen molar-refractivity contribution in [2.45, 2.75) is 19.3 Å². The summed E-state index contributed by atoms with van der Waals surface area (Å²) in [4.78, 5) is 21.0. The molecule has 65 valence electrons. The molecule has 12 heavy (non-hydrogen) atoms. The summed E-state index contributed by atoms with van der Waals surface area (Å²) in [5, 5.41) is 0. The monoisotopic (exact) mass is 185 g/mol. The molecule has 0 aliphatic rings. The van der Waals surface area contributed by atoms with E-state index in [1.165, 1.54) is 13.8 Å². The molecule has 0 spiro atoms. The van der Waals surface area contributed by atoms with Crippen LogP contribution < -0.4 is 0 Å². The van der Waals surface area contributed by atoms with Crippen molar-refractivity contribution in [2.24, 2.45) is 0 Å². The van der Waals surface area contributed by atoms with Gasteiger partial charge in [-0.2, -0.15) is 0 Å². The maximum absolute atomic E-state index is 10.5. The van der Waals surface area contributed by atoms with Crippen LogP contribution in [-0.4, -0.2) is 27.6 Å². The second kappa shape index (κ2) is 4.06. The van der Waals surface area contributed by atoms with Crippen LogP contribution in [0.4, 0.5) is 0 Å². The Morgan fingerprint density at radius 1 is 1.33 bits per heavy atom. The number of ether oxygens (including phenoxy) is 2. The largest absolute Gasteiger partial charge is 0.425 e. The second-order valence-corrected chi connectivity index (χ2v) is 2.76. The van der Waals surface area contributed by atoms with E-state index in [4.69, 9.17) is 0 Å². The fourth-order valence-corrected chi connectivity index (χ4v) is 0.819. The zero-order valence-corrected chi connectivity index (χ0v) is 7.92. The zero-order chi connectivity index (χ0) is 9.78. The second-order valence-electron chi connectivity index (χ2n) is 2.06. The Balaban J connectivity index is 4.33. The third-order valence-electron chi connectivity index (χ3n) is 0.859. The van der Waals surface area contributed by atoms with Crippen molar-refractivity contribution < 1.29 is 19.1 Å². The molecular weight excluding hydrogens is 176 g/mol. The molecule has 0 unspecified atom stereocenters. The average Bonchev–Trinajstić information content (AvgIpc) is 1.83. The number of carbonyl (C=O) groups is 2. The minimum Gasteiger partial charge on any atom is -0.425 e. The topological polar surface area (TPSA) is 52.6 Å². The van der Waals surface area contributed by atoms with E-state index in [9.17, 15) is 9.59 Å². The van der Waals surface area contributed by atoms with Crippen LogP contribution in [0.2, 0.25) is 0 Å². The van der Waals surface area contributed by atoms with Gasteiger partial charge in [0.05, 0.1) is 0 Å². The number of rotatable bonds is 3. The van der Waals surface area contributed by atoms with Gasteiger partial charge in [0.2, 0.25) is 5.41 Å². The van der Waals surface area contributed by atoms with Gasteiger partial charge >= 0.3 is 11.9 Å². The molecular formula is C7H9O4Si.